The molecule has 0 heterocycles. The zero-order chi connectivity index (χ0) is 14.9. The first-order chi connectivity index (χ1) is 10.3. The van der Waals surface area contributed by atoms with Gasteiger partial charge in [-0.2, -0.15) is 0 Å². The highest BCUT2D eigenvalue weighted by molar-refractivity contribution is 5.27. The molecule has 118 valence electrons. The molecule has 1 heteroatoms. The van der Waals surface area contributed by atoms with Crippen molar-refractivity contribution in [1.29, 1.82) is 0 Å². The van der Waals surface area contributed by atoms with Gasteiger partial charge in [-0.1, -0.05) is 63.8 Å². The largest absolute Gasteiger partial charge is 0.316 e. The van der Waals surface area contributed by atoms with Crippen LogP contribution >= 0.6 is 0 Å². The van der Waals surface area contributed by atoms with Gasteiger partial charge in [0.15, 0.2) is 0 Å². The molecule has 1 aliphatic rings. The Balaban J connectivity index is 2.09. The Kier molecular flexibility index (Phi) is 7.29. The summed E-state index contributed by atoms with van der Waals surface area (Å²) in [7, 11) is 0. The van der Waals surface area contributed by atoms with Crippen LogP contribution in [-0.2, 0) is 6.42 Å². The molecule has 21 heavy (non-hydrogen) atoms. The molecule has 0 bridgehead atoms. The average molecular weight is 287 g/mol. The van der Waals surface area contributed by atoms with Gasteiger partial charge < -0.3 is 5.32 Å². The van der Waals surface area contributed by atoms with Gasteiger partial charge in [-0.05, 0) is 61.7 Å². The van der Waals surface area contributed by atoms with E-state index in [1.807, 2.05) is 0 Å². The zero-order valence-electron chi connectivity index (χ0n) is 14.0. The molecule has 0 radical (unpaired) electrons. The maximum atomic E-state index is 3.67. The van der Waals surface area contributed by atoms with E-state index in [-0.39, 0.29) is 0 Å². The molecule has 2 rings (SSSR count). The molecule has 1 aromatic carbocycles. The number of rotatable bonds is 7. The van der Waals surface area contributed by atoms with Crippen LogP contribution in [0.15, 0.2) is 24.3 Å². The fourth-order valence-corrected chi connectivity index (χ4v) is 3.80. The van der Waals surface area contributed by atoms with E-state index < -0.39 is 0 Å². The third-order valence-corrected chi connectivity index (χ3v) is 4.91. The molecule has 1 fully saturated rings. The van der Waals surface area contributed by atoms with Crippen LogP contribution in [0, 0.1) is 5.92 Å². The van der Waals surface area contributed by atoms with E-state index in [0.29, 0.717) is 0 Å². The molecule has 2 unspecified atom stereocenters. The molecule has 2 atom stereocenters. The lowest BCUT2D eigenvalue weighted by Crippen LogP contribution is -2.27. The van der Waals surface area contributed by atoms with Crippen molar-refractivity contribution in [3.8, 4) is 0 Å². The second kappa shape index (κ2) is 9.25. The lowest BCUT2D eigenvalue weighted by Gasteiger charge is -2.26. The van der Waals surface area contributed by atoms with Crippen molar-refractivity contribution in [1.82, 2.24) is 5.32 Å². The molecule has 0 aromatic heterocycles. The molecule has 0 saturated heterocycles. The van der Waals surface area contributed by atoms with Gasteiger partial charge in [0, 0.05) is 0 Å². The molecule has 1 nitrogen and oxygen atoms in total. The molecule has 1 N–H and O–H groups in total. The van der Waals surface area contributed by atoms with Crippen molar-refractivity contribution >= 4 is 0 Å². The number of benzene rings is 1. The monoisotopic (exact) mass is 287 g/mol. The summed E-state index contributed by atoms with van der Waals surface area (Å²) in [6.07, 6.45) is 10.7. The number of nitrogens with one attached hydrogen (secondary N) is 1. The molecule has 1 saturated carbocycles. The van der Waals surface area contributed by atoms with E-state index in [0.717, 1.165) is 11.8 Å². The maximum Gasteiger partial charge on any atom is -0.00147 e. The average Bonchev–Trinajstić information content (AvgIpc) is 2.74. The molecular formula is C20H33N. The van der Waals surface area contributed by atoms with Crippen LogP contribution in [0.1, 0.15) is 75.8 Å². The Morgan fingerprint density at radius 1 is 1.05 bits per heavy atom. The smallest absolute Gasteiger partial charge is 0.00147 e. The number of aryl methyl sites for hydroxylation is 1. The topological polar surface area (TPSA) is 12.0 Å². The summed E-state index contributed by atoms with van der Waals surface area (Å²) < 4.78 is 0. The summed E-state index contributed by atoms with van der Waals surface area (Å²) in [5, 5.41) is 3.67. The summed E-state index contributed by atoms with van der Waals surface area (Å²) >= 11 is 0. The van der Waals surface area contributed by atoms with Crippen molar-refractivity contribution < 1.29 is 0 Å². The zero-order valence-corrected chi connectivity index (χ0v) is 14.0. The van der Waals surface area contributed by atoms with E-state index in [4.69, 9.17) is 0 Å². The summed E-state index contributed by atoms with van der Waals surface area (Å²) in [5.74, 6) is 1.60. The molecule has 0 spiro atoms. The van der Waals surface area contributed by atoms with Gasteiger partial charge in [-0.3, -0.25) is 0 Å². The summed E-state index contributed by atoms with van der Waals surface area (Å²) in [6, 6.07) is 9.45. The highest BCUT2D eigenvalue weighted by Gasteiger charge is 2.24. The number of hydrogen-bond acceptors (Lipinski definition) is 1. The normalized spacial score (nSPS) is 23.0. The second-order valence-electron chi connectivity index (χ2n) is 6.70. The van der Waals surface area contributed by atoms with Crippen molar-refractivity contribution in [2.45, 2.75) is 71.1 Å². The minimum absolute atomic E-state index is 0.772. The van der Waals surface area contributed by atoms with E-state index in [1.165, 1.54) is 70.0 Å². The van der Waals surface area contributed by atoms with Crippen LogP contribution in [0.3, 0.4) is 0 Å². The summed E-state index contributed by atoms with van der Waals surface area (Å²) in [5.41, 5.74) is 3.13. The molecular weight excluding hydrogens is 254 g/mol. The van der Waals surface area contributed by atoms with Crippen LogP contribution in [0.2, 0.25) is 0 Å². The van der Waals surface area contributed by atoms with Gasteiger partial charge in [-0.25, -0.2) is 0 Å². The van der Waals surface area contributed by atoms with Crippen LogP contribution in [0.25, 0.3) is 0 Å². The highest BCUT2D eigenvalue weighted by atomic mass is 14.9. The van der Waals surface area contributed by atoms with E-state index in [2.05, 4.69) is 43.4 Å². The van der Waals surface area contributed by atoms with E-state index >= 15 is 0 Å². The minimum Gasteiger partial charge on any atom is -0.316 e. The van der Waals surface area contributed by atoms with Crippen LogP contribution in [0.4, 0.5) is 0 Å². The third kappa shape index (κ3) is 5.14. The number of hydrogen-bond donors (Lipinski definition) is 1. The van der Waals surface area contributed by atoms with Gasteiger partial charge >= 0.3 is 0 Å². The fourth-order valence-electron chi connectivity index (χ4n) is 3.80. The van der Waals surface area contributed by atoms with Crippen molar-refractivity contribution in [2.75, 3.05) is 13.1 Å². The van der Waals surface area contributed by atoms with Crippen molar-refractivity contribution in [3.63, 3.8) is 0 Å². The molecule has 1 aromatic rings. The first-order valence-electron chi connectivity index (χ1n) is 9.14. The van der Waals surface area contributed by atoms with Crippen LogP contribution in [-0.4, -0.2) is 13.1 Å². The molecule has 1 aliphatic carbocycles. The predicted molar refractivity (Wildman–Crippen MR) is 92.9 cm³/mol. The Morgan fingerprint density at radius 3 is 2.71 bits per heavy atom. The lowest BCUT2D eigenvalue weighted by molar-refractivity contribution is 0.375. The first-order valence-corrected chi connectivity index (χ1v) is 9.14. The Morgan fingerprint density at radius 2 is 1.90 bits per heavy atom. The van der Waals surface area contributed by atoms with Crippen molar-refractivity contribution in [2.24, 2.45) is 5.92 Å². The highest BCUT2D eigenvalue weighted by Crippen LogP contribution is 2.36. The standard InChI is InChI=1S/C20H33N/c1-3-9-17-10-8-12-18(15-17)20-13-7-5-6-11-19(20)16-21-14-4-2/h8,10,12,15,19-21H,3-7,9,11,13-14,16H2,1-2H3. The second-order valence-corrected chi connectivity index (χ2v) is 6.70. The van der Waals surface area contributed by atoms with Crippen molar-refractivity contribution in [3.05, 3.63) is 35.4 Å². The van der Waals surface area contributed by atoms with Gasteiger partial charge in [0.2, 0.25) is 0 Å². The Labute approximate surface area is 131 Å². The Bertz CT molecular complexity index is 399. The van der Waals surface area contributed by atoms with Gasteiger partial charge in [-0.15, -0.1) is 0 Å². The lowest BCUT2D eigenvalue weighted by atomic mass is 9.81. The van der Waals surface area contributed by atoms with E-state index in [1.54, 1.807) is 5.56 Å². The van der Waals surface area contributed by atoms with Crippen LogP contribution < -0.4 is 5.32 Å². The molecule has 0 aliphatic heterocycles. The van der Waals surface area contributed by atoms with E-state index in [9.17, 15) is 0 Å². The quantitative estimate of drug-likeness (QED) is 0.530. The summed E-state index contributed by atoms with van der Waals surface area (Å²) in [6.45, 7) is 6.90. The fraction of sp³-hybridized carbons (Fsp3) is 0.700. The SMILES string of the molecule is CCCNCC1CCCCCC1c1cccc(CCC)c1. The predicted octanol–water partition coefficient (Wildman–Crippen LogP) is 5.30. The van der Waals surface area contributed by atoms with Gasteiger partial charge in [0.25, 0.3) is 0 Å². The minimum atomic E-state index is 0.772. The molecule has 0 amide bonds. The third-order valence-electron chi connectivity index (χ3n) is 4.91. The van der Waals surface area contributed by atoms with Gasteiger partial charge in [0.05, 0.1) is 0 Å². The maximum absolute atomic E-state index is 3.67. The summed E-state index contributed by atoms with van der Waals surface area (Å²) in [4.78, 5) is 0. The Hall–Kier alpha value is -0.820. The first kappa shape index (κ1) is 16.5. The van der Waals surface area contributed by atoms with Crippen LogP contribution in [0.5, 0.6) is 0 Å². The van der Waals surface area contributed by atoms with Gasteiger partial charge in [0.1, 0.15) is 0 Å².